The molecule has 37 heavy (non-hydrogen) atoms. The first-order chi connectivity index (χ1) is 18.1. The van der Waals surface area contributed by atoms with Gasteiger partial charge in [0.05, 0.1) is 11.1 Å². The second kappa shape index (κ2) is 8.93. The number of fused-ring (bicyclic) bond motifs is 4. The molecule has 10 heteroatoms. The molecule has 3 aliphatic heterocycles. The molecule has 5 aliphatic rings. The van der Waals surface area contributed by atoms with Crippen molar-refractivity contribution in [2.45, 2.75) is 56.5 Å². The van der Waals surface area contributed by atoms with Crippen LogP contribution in [-0.2, 0) is 11.2 Å². The molecular formula is C27H34N8O2. The smallest absolute Gasteiger partial charge is 0.255 e. The molecule has 0 aromatic carbocycles. The molecule has 194 valence electrons. The van der Waals surface area contributed by atoms with Gasteiger partial charge in [0, 0.05) is 63.6 Å². The monoisotopic (exact) mass is 502 g/mol. The van der Waals surface area contributed by atoms with E-state index in [4.69, 9.17) is 4.98 Å². The second-order valence-electron chi connectivity index (χ2n) is 11.4. The SMILES string of the molecule is O=C1NCC2(CCCC2)N2c3nc(Nc4ccc(C(=O)N5CCN(CC6CC6)CC5)cn4)ncc3CC12. The zero-order valence-corrected chi connectivity index (χ0v) is 21.2. The Morgan fingerprint density at radius 1 is 1.08 bits per heavy atom. The van der Waals surface area contributed by atoms with Crippen molar-refractivity contribution in [3.63, 3.8) is 0 Å². The number of hydrogen-bond acceptors (Lipinski definition) is 8. The van der Waals surface area contributed by atoms with E-state index in [1.54, 1.807) is 6.20 Å². The third-order valence-corrected chi connectivity index (χ3v) is 8.86. The maximum absolute atomic E-state index is 13.0. The molecule has 1 spiro atoms. The number of amides is 2. The van der Waals surface area contributed by atoms with E-state index in [1.807, 2.05) is 23.2 Å². The van der Waals surface area contributed by atoms with Crippen LogP contribution in [0.25, 0.3) is 0 Å². The Morgan fingerprint density at radius 3 is 2.62 bits per heavy atom. The van der Waals surface area contributed by atoms with Crippen LogP contribution >= 0.6 is 0 Å². The molecule has 2 aromatic heterocycles. The summed E-state index contributed by atoms with van der Waals surface area (Å²) in [5, 5.41) is 6.34. The van der Waals surface area contributed by atoms with Crippen molar-refractivity contribution in [1.82, 2.24) is 30.1 Å². The molecule has 1 unspecified atom stereocenters. The van der Waals surface area contributed by atoms with Crippen molar-refractivity contribution >= 4 is 29.4 Å². The topological polar surface area (TPSA) is 107 Å². The molecular weight excluding hydrogens is 468 g/mol. The number of carbonyl (C=O) groups excluding carboxylic acids is 2. The fraction of sp³-hybridized carbons (Fsp3) is 0.593. The normalized spacial score (nSPS) is 24.6. The summed E-state index contributed by atoms with van der Waals surface area (Å²) in [7, 11) is 0. The van der Waals surface area contributed by atoms with Gasteiger partial charge in [0.25, 0.3) is 5.91 Å². The van der Waals surface area contributed by atoms with Crippen LogP contribution in [0, 0.1) is 5.92 Å². The Bertz CT molecular complexity index is 1200. The van der Waals surface area contributed by atoms with Crippen molar-refractivity contribution < 1.29 is 9.59 Å². The van der Waals surface area contributed by atoms with E-state index in [0.717, 1.165) is 56.3 Å². The van der Waals surface area contributed by atoms with Crippen LogP contribution in [0.3, 0.4) is 0 Å². The summed E-state index contributed by atoms with van der Waals surface area (Å²) in [6.07, 6.45) is 11.3. The molecule has 2 amide bonds. The zero-order valence-electron chi connectivity index (χ0n) is 21.2. The van der Waals surface area contributed by atoms with Crippen LogP contribution in [0.15, 0.2) is 24.5 Å². The number of anilines is 3. The second-order valence-corrected chi connectivity index (χ2v) is 11.4. The highest BCUT2D eigenvalue weighted by Gasteiger charge is 2.52. The van der Waals surface area contributed by atoms with Crippen molar-refractivity contribution in [2.75, 3.05) is 49.5 Å². The average molecular weight is 503 g/mol. The van der Waals surface area contributed by atoms with E-state index >= 15 is 0 Å². The van der Waals surface area contributed by atoms with Crippen molar-refractivity contribution in [3.8, 4) is 0 Å². The molecule has 2 aromatic rings. The van der Waals surface area contributed by atoms with Crippen molar-refractivity contribution in [1.29, 1.82) is 0 Å². The lowest BCUT2D eigenvalue weighted by Gasteiger charge is -2.47. The third-order valence-electron chi connectivity index (χ3n) is 8.86. The first-order valence-electron chi connectivity index (χ1n) is 13.8. The van der Waals surface area contributed by atoms with E-state index < -0.39 is 0 Å². The van der Waals surface area contributed by atoms with Gasteiger partial charge in [-0.2, -0.15) is 4.98 Å². The van der Waals surface area contributed by atoms with Gasteiger partial charge in [-0.1, -0.05) is 12.8 Å². The number of rotatable bonds is 5. The summed E-state index contributed by atoms with van der Waals surface area (Å²) in [6, 6.07) is 3.42. The van der Waals surface area contributed by atoms with E-state index in [1.165, 1.54) is 32.2 Å². The maximum atomic E-state index is 13.0. The van der Waals surface area contributed by atoms with E-state index in [-0.39, 0.29) is 23.4 Å². The van der Waals surface area contributed by atoms with Gasteiger partial charge in [0.2, 0.25) is 11.9 Å². The van der Waals surface area contributed by atoms with Gasteiger partial charge in [-0.05, 0) is 43.7 Å². The highest BCUT2D eigenvalue weighted by Crippen LogP contribution is 2.45. The molecule has 0 radical (unpaired) electrons. The summed E-state index contributed by atoms with van der Waals surface area (Å²) in [4.78, 5) is 46.2. The van der Waals surface area contributed by atoms with Gasteiger partial charge in [-0.25, -0.2) is 9.97 Å². The molecule has 4 fully saturated rings. The minimum absolute atomic E-state index is 0.0372. The molecule has 2 aliphatic carbocycles. The van der Waals surface area contributed by atoms with Crippen molar-refractivity contribution in [2.24, 2.45) is 5.92 Å². The molecule has 0 bridgehead atoms. The molecule has 1 atom stereocenters. The Morgan fingerprint density at radius 2 is 1.89 bits per heavy atom. The van der Waals surface area contributed by atoms with E-state index in [9.17, 15) is 9.59 Å². The van der Waals surface area contributed by atoms with E-state index in [0.29, 0.717) is 30.3 Å². The fourth-order valence-electron chi connectivity index (χ4n) is 6.62. The lowest BCUT2D eigenvalue weighted by Crippen LogP contribution is -2.66. The summed E-state index contributed by atoms with van der Waals surface area (Å²) in [5.74, 6) is 2.91. The quantitative estimate of drug-likeness (QED) is 0.639. The highest BCUT2D eigenvalue weighted by atomic mass is 16.2. The Balaban J connectivity index is 1.03. The maximum Gasteiger partial charge on any atom is 0.255 e. The number of nitrogens with zero attached hydrogens (tertiary/aromatic N) is 6. The predicted molar refractivity (Wildman–Crippen MR) is 139 cm³/mol. The van der Waals surface area contributed by atoms with Crippen LogP contribution < -0.4 is 15.5 Å². The minimum atomic E-state index is -0.203. The van der Waals surface area contributed by atoms with Crippen LogP contribution in [0.1, 0.15) is 54.4 Å². The number of piperazine rings is 2. The summed E-state index contributed by atoms with van der Waals surface area (Å²) in [5.41, 5.74) is 1.57. The lowest BCUT2D eigenvalue weighted by molar-refractivity contribution is -0.124. The predicted octanol–water partition coefficient (Wildman–Crippen LogP) is 1.96. The van der Waals surface area contributed by atoms with Crippen LogP contribution in [0.4, 0.5) is 17.6 Å². The van der Waals surface area contributed by atoms with Crippen LogP contribution in [-0.4, -0.2) is 87.4 Å². The largest absolute Gasteiger partial charge is 0.352 e. The van der Waals surface area contributed by atoms with Gasteiger partial charge < -0.3 is 20.4 Å². The fourth-order valence-corrected chi connectivity index (χ4v) is 6.62. The summed E-state index contributed by atoms with van der Waals surface area (Å²) in [6.45, 7) is 5.30. The number of hydrogen-bond donors (Lipinski definition) is 2. The Kier molecular flexibility index (Phi) is 5.53. The first-order valence-corrected chi connectivity index (χ1v) is 13.8. The van der Waals surface area contributed by atoms with Crippen LogP contribution in [0.2, 0.25) is 0 Å². The lowest BCUT2D eigenvalue weighted by atomic mass is 9.90. The molecule has 7 rings (SSSR count). The Labute approximate surface area is 216 Å². The minimum Gasteiger partial charge on any atom is -0.352 e. The molecule has 2 saturated carbocycles. The number of aromatic nitrogens is 3. The van der Waals surface area contributed by atoms with Gasteiger partial charge >= 0.3 is 0 Å². The number of nitrogens with one attached hydrogen (secondary N) is 2. The Hall–Kier alpha value is -3.27. The zero-order chi connectivity index (χ0) is 25.0. The van der Waals surface area contributed by atoms with Crippen LogP contribution in [0.5, 0.6) is 0 Å². The molecule has 10 nitrogen and oxygen atoms in total. The standard InChI is InChI=1S/C27H34N8O2/c36-24-21-13-20-15-29-26(32-23(20)35(21)27(17-30-24)7-1-2-8-27)31-22-6-5-19(14-28-22)25(37)34-11-9-33(10-12-34)16-18-3-4-18/h5-6,14-15,18,21H,1-4,7-13,16-17H2,(H,30,36)(H,28,29,31,32). The number of carbonyl (C=O) groups is 2. The molecule has 5 heterocycles. The summed E-state index contributed by atoms with van der Waals surface area (Å²) < 4.78 is 0. The van der Waals surface area contributed by atoms with E-state index in [2.05, 4.69) is 30.4 Å². The molecule has 2 N–H and O–H groups in total. The highest BCUT2D eigenvalue weighted by molar-refractivity contribution is 5.94. The van der Waals surface area contributed by atoms with Crippen molar-refractivity contribution in [3.05, 3.63) is 35.7 Å². The average Bonchev–Trinajstić information content (AvgIpc) is 3.46. The van der Waals surface area contributed by atoms with Gasteiger partial charge in [-0.3, -0.25) is 14.5 Å². The third kappa shape index (κ3) is 4.21. The van der Waals surface area contributed by atoms with Gasteiger partial charge in [0.15, 0.2) is 0 Å². The first kappa shape index (κ1) is 22.9. The molecule has 2 saturated heterocycles. The number of pyridine rings is 1. The van der Waals surface area contributed by atoms with Gasteiger partial charge in [-0.15, -0.1) is 0 Å². The summed E-state index contributed by atoms with van der Waals surface area (Å²) >= 11 is 0. The van der Waals surface area contributed by atoms with Gasteiger partial charge in [0.1, 0.15) is 17.7 Å².